The first-order valence-electron chi connectivity index (χ1n) is 10.3. The lowest BCUT2D eigenvalue weighted by Gasteiger charge is -2.41. The highest BCUT2D eigenvalue weighted by Gasteiger charge is 2.44. The summed E-state index contributed by atoms with van der Waals surface area (Å²) in [6, 6.07) is 16.0. The molecule has 0 aliphatic carbocycles. The molecule has 3 aromatic rings. The predicted octanol–water partition coefficient (Wildman–Crippen LogP) is 2.94. The topological polar surface area (TPSA) is 71.5 Å². The van der Waals surface area contributed by atoms with Gasteiger partial charge in [0, 0.05) is 37.3 Å². The van der Waals surface area contributed by atoms with Gasteiger partial charge in [-0.2, -0.15) is 0 Å². The Morgan fingerprint density at radius 2 is 2.00 bits per heavy atom. The summed E-state index contributed by atoms with van der Waals surface area (Å²) < 4.78 is 6.04. The van der Waals surface area contributed by atoms with Crippen LogP contribution in [0.2, 0.25) is 0 Å². The Balaban J connectivity index is 1.51. The maximum absolute atomic E-state index is 12.9. The van der Waals surface area contributed by atoms with Crippen molar-refractivity contribution >= 4 is 23.2 Å². The van der Waals surface area contributed by atoms with Crippen LogP contribution in [0.25, 0.3) is 10.4 Å². The molecule has 31 heavy (non-hydrogen) atoms. The summed E-state index contributed by atoms with van der Waals surface area (Å²) in [5.41, 5.74) is 1.88. The number of carbonyl (C=O) groups excluding carboxylic acids is 2. The molecule has 0 radical (unpaired) electrons. The fraction of sp³-hybridized carbons (Fsp3) is 0.292. The van der Waals surface area contributed by atoms with E-state index in [0.717, 1.165) is 16.7 Å². The van der Waals surface area contributed by atoms with Crippen LogP contribution >= 0.6 is 11.3 Å². The molecule has 1 aromatic carbocycles. The Bertz CT molecular complexity index is 1020. The number of rotatable bonds is 6. The van der Waals surface area contributed by atoms with Crippen molar-refractivity contribution in [1.29, 1.82) is 0 Å². The standard InChI is InChI=1S/C24H25N3O3S/c1-25-23(29)24(15-18-6-8-20(9-7-18)21-5-3-13-31-21)17-27(11-12-30-24)22(28)14-19-4-2-10-26-16-19/h2-10,13,16H,11-12,14-15,17H2,1H3,(H,25,29). The Kier molecular flexibility index (Phi) is 6.44. The van der Waals surface area contributed by atoms with E-state index in [1.165, 1.54) is 4.88 Å². The molecule has 0 saturated carbocycles. The van der Waals surface area contributed by atoms with E-state index in [9.17, 15) is 9.59 Å². The third kappa shape index (κ3) is 4.84. The summed E-state index contributed by atoms with van der Waals surface area (Å²) >= 11 is 1.69. The van der Waals surface area contributed by atoms with E-state index in [-0.39, 0.29) is 24.8 Å². The minimum atomic E-state index is -1.11. The van der Waals surface area contributed by atoms with Crippen molar-refractivity contribution in [3.8, 4) is 10.4 Å². The molecule has 2 amide bonds. The Morgan fingerprint density at radius 1 is 1.16 bits per heavy atom. The van der Waals surface area contributed by atoms with Gasteiger partial charge in [-0.25, -0.2) is 0 Å². The van der Waals surface area contributed by atoms with E-state index >= 15 is 0 Å². The van der Waals surface area contributed by atoms with Gasteiger partial charge in [-0.3, -0.25) is 14.6 Å². The van der Waals surface area contributed by atoms with Crippen molar-refractivity contribution in [2.75, 3.05) is 26.7 Å². The van der Waals surface area contributed by atoms with Crippen LogP contribution in [0.1, 0.15) is 11.1 Å². The van der Waals surface area contributed by atoms with Gasteiger partial charge in [-0.1, -0.05) is 36.4 Å². The van der Waals surface area contributed by atoms with Crippen molar-refractivity contribution in [2.24, 2.45) is 0 Å². The number of aromatic nitrogens is 1. The molecule has 4 rings (SSSR count). The van der Waals surface area contributed by atoms with Gasteiger partial charge in [-0.05, 0) is 34.2 Å². The zero-order valence-electron chi connectivity index (χ0n) is 17.4. The highest BCUT2D eigenvalue weighted by molar-refractivity contribution is 7.13. The third-order valence-electron chi connectivity index (χ3n) is 5.51. The highest BCUT2D eigenvalue weighted by Crippen LogP contribution is 2.28. The molecule has 6 nitrogen and oxygen atoms in total. The van der Waals surface area contributed by atoms with E-state index in [2.05, 4.69) is 33.9 Å². The lowest BCUT2D eigenvalue weighted by atomic mass is 9.90. The maximum Gasteiger partial charge on any atom is 0.254 e. The zero-order chi connectivity index (χ0) is 21.7. The summed E-state index contributed by atoms with van der Waals surface area (Å²) in [6.45, 7) is 1.01. The van der Waals surface area contributed by atoms with Crippen LogP contribution in [0.15, 0.2) is 66.3 Å². The number of hydrogen-bond acceptors (Lipinski definition) is 5. The van der Waals surface area contributed by atoms with E-state index < -0.39 is 5.60 Å². The molecule has 1 saturated heterocycles. The molecular formula is C24H25N3O3S. The molecule has 1 aliphatic heterocycles. The molecule has 3 heterocycles. The third-order valence-corrected chi connectivity index (χ3v) is 6.43. The lowest BCUT2D eigenvalue weighted by Crippen LogP contribution is -2.61. The average Bonchev–Trinajstić information content (AvgIpc) is 3.35. The number of benzene rings is 1. The molecule has 0 spiro atoms. The number of thiophene rings is 1. The minimum Gasteiger partial charge on any atom is -0.361 e. The van der Waals surface area contributed by atoms with Crippen molar-refractivity contribution in [3.63, 3.8) is 0 Å². The van der Waals surface area contributed by atoms with E-state index in [0.29, 0.717) is 19.6 Å². The normalized spacial score (nSPS) is 18.5. The van der Waals surface area contributed by atoms with Crippen LogP contribution in [0.4, 0.5) is 0 Å². The number of carbonyl (C=O) groups is 2. The van der Waals surface area contributed by atoms with Crippen LogP contribution in [-0.2, 0) is 27.2 Å². The second-order valence-electron chi connectivity index (χ2n) is 7.63. The predicted molar refractivity (Wildman–Crippen MR) is 121 cm³/mol. The number of nitrogens with one attached hydrogen (secondary N) is 1. The van der Waals surface area contributed by atoms with Crippen molar-refractivity contribution in [2.45, 2.75) is 18.4 Å². The lowest BCUT2D eigenvalue weighted by molar-refractivity contribution is -0.165. The highest BCUT2D eigenvalue weighted by atomic mass is 32.1. The van der Waals surface area contributed by atoms with Crippen LogP contribution in [-0.4, -0.2) is 54.0 Å². The molecule has 1 aliphatic rings. The summed E-state index contributed by atoms with van der Waals surface area (Å²) in [5.74, 6) is -0.244. The SMILES string of the molecule is CNC(=O)C1(Cc2ccc(-c3cccs3)cc2)CN(C(=O)Cc2cccnc2)CCO1. The molecule has 1 atom stereocenters. The maximum atomic E-state index is 12.9. The summed E-state index contributed by atoms with van der Waals surface area (Å²) in [5, 5.41) is 4.78. The van der Waals surface area contributed by atoms with E-state index in [1.807, 2.05) is 30.3 Å². The molecule has 1 fully saturated rings. The largest absolute Gasteiger partial charge is 0.361 e. The van der Waals surface area contributed by atoms with Crippen molar-refractivity contribution in [3.05, 3.63) is 77.4 Å². The van der Waals surface area contributed by atoms with Gasteiger partial charge in [0.2, 0.25) is 5.91 Å². The Labute approximate surface area is 185 Å². The average molecular weight is 436 g/mol. The van der Waals surface area contributed by atoms with Gasteiger partial charge in [0.1, 0.15) is 0 Å². The Hall–Kier alpha value is -3.03. The summed E-state index contributed by atoms with van der Waals surface area (Å²) in [6.07, 6.45) is 4.03. The Morgan fingerprint density at radius 3 is 2.68 bits per heavy atom. The zero-order valence-corrected chi connectivity index (χ0v) is 18.2. The van der Waals surface area contributed by atoms with Gasteiger partial charge in [0.15, 0.2) is 5.60 Å². The molecule has 7 heteroatoms. The number of morpholine rings is 1. The van der Waals surface area contributed by atoms with Crippen LogP contribution < -0.4 is 5.32 Å². The summed E-state index contributed by atoms with van der Waals surface area (Å²) in [4.78, 5) is 32.8. The molecule has 0 bridgehead atoms. The van der Waals surface area contributed by atoms with E-state index in [4.69, 9.17) is 4.74 Å². The van der Waals surface area contributed by atoms with Gasteiger partial charge >= 0.3 is 0 Å². The first-order chi connectivity index (χ1) is 15.1. The van der Waals surface area contributed by atoms with Crippen LogP contribution in [0.5, 0.6) is 0 Å². The molecule has 1 unspecified atom stereocenters. The smallest absolute Gasteiger partial charge is 0.254 e. The van der Waals surface area contributed by atoms with Gasteiger partial charge < -0.3 is 15.0 Å². The van der Waals surface area contributed by atoms with Crippen LogP contribution in [0, 0.1) is 0 Å². The van der Waals surface area contributed by atoms with Gasteiger partial charge in [-0.15, -0.1) is 11.3 Å². The summed E-state index contributed by atoms with van der Waals surface area (Å²) in [7, 11) is 1.60. The second-order valence-corrected chi connectivity index (χ2v) is 8.57. The number of pyridine rings is 1. The van der Waals surface area contributed by atoms with Crippen LogP contribution in [0.3, 0.4) is 0 Å². The van der Waals surface area contributed by atoms with Crippen molar-refractivity contribution in [1.82, 2.24) is 15.2 Å². The molecule has 160 valence electrons. The number of likely N-dealkylation sites (N-methyl/N-ethyl adjacent to an activating group) is 1. The number of amides is 2. The number of hydrogen-bond donors (Lipinski definition) is 1. The van der Waals surface area contributed by atoms with Gasteiger partial charge in [0.25, 0.3) is 5.91 Å². The monoisotopic (exact) mass is 435 g/mol. The first-order valence-corrected chi connectivity index (χ1v) is 11.1. The van der Waals surface area contributed by atoms with Crippen molar-refractivity contribution < 1.29 is 14.3 Å². The number of nitrogens with zero attached hydrogens (tertiary/aromatic N) is 2. The molecule has 2 aromatic heterocycles. The molecular weight excluding hydrogens is 410 g/mol. The second kappa shape index (κ2) is 9.41. The fourth-order valence-electron chi connectivity index (χ4n) is 3.90. The fourth-order valence-corrected chi connectivity index (χ4v) is 4.63. The first kappa shape index (κ1) is 21.2. The van der Waals surface area contributed by atoms with E-state index in [1.54, 1.807) is 35.7 Å². The molecule has 1 N–H and O–H groups in total. The minimum absolute atomic E-state index is 0.0300. The quantitative estimate of drug-likeness (QED) is 0.646. The van der Waals surface area contributed by atoms with Gasteiger partial charge in [0.05, 0.1) is 19.6 Å². The number of ether oxygens (including phenoxy) is 1.